The van der Waals surface area contributed by atoms with E-state index in [0.29, 0.717) is 5.82 Å². The quantitative estimate of drug-likeness (QED) is 0.775. The number of amides is 1. The predicted molar refractivity (Wildman–Crippen MR) is 63.9 cm³/mol. The summed E-state index contributed by atoms with van der Waals surface area (Å²) in [5, 5.41) is 2.66. The number of hydrogen-bond donors (Lipinski definition) is 2. The van der Waals surface area contributed by atoms with E-state index in [0.717, 1.165) is 12.1 Å². The molecule has 1 atom stereocenters. The van der Waals surface area contributed by atoms with Crippen LogP contribution in [0.1, 0.15) is 12.5 Å². The van der Waals surface area contributed by atoms with Gasteiger partial charge in [-0.3, -0.25) is 4.79 Å². The Kier molecular flexibility index (Phi) is 4.39. The first-order valence-electron chi connectivity index (χ1n) is 5.15. The molecule has 1 aromatic rings. The zero-order valence-electron chi connectivity index (χ0n) is 9.90. The van der Waals surface area contributed by atoms with Crippen LogP contribution in [-0.4, -0.2) is 35.9 Å². The topological polar surface area (TPSA) is 71.2 Å². The van der Waals surface area contributed by atoms with Crippen molar-refractivity contribution in [3.8, 4) is 0 Å². The lowest BCUT2D eigenvalue weighted by molar-refractivity contribution is -0.117. The maximum atomic E-state index is 11.4. The van der Waals surface area contributed by atoms with E-state index in [9.17, 15) is 4.79 Å². The van der Waals surface area contributed by atoms with Crippen molar-refractivity contribution in [2.45, 2.75) is 19.5 Å². The lowest BCUT2D eigenvalue weighted by Gasteiger charge is -2.11. The molecule has 0 aliphatic heterocycles. The second kappa shape index (κ2) is 5.58. The summed E-state index contributed by atoms with van der Waals surface area (Å²) >= 11 is 0. The van der Waals surface area contributed by atoms with Gasteiger partial charge in [-0.1, -0.05) is 0 Å². The van der Waals surface area contributed by atoms with Crippen LogP contribution in [0, 0.1) is 0 Å². The molecule has 1 amide bonds. The van der Waals surface area contributed by atoms with Gasteiger partial charge < -0.3 is 16.0 Å². The second-order valence-electron chi connectivity index (χ2n) is 4.07. The second-order valence-corrected chi connectivity index (χ2v) is 4.07. The zero-order chi connectivity index (χ0) is 12.1. The number of rotatable bonds is 4. The molecule has 0 bridgehead atoms. The van der Waals surface area contributed by atoms with E-state index in [4.69, 9.17) is 5.73 Å². The maximum Gasteiger partial charge on any atom is 0.242 e. The molecule has 0 aliphatic rings. The summed E-state index contributed by atoms with van der Waals surface area (Å²) in [6.07, 6.45) is 1.68. The summed E-state index contributed by atoms with van der Waals surface area (Å²) in [6, 6.07) is 3.24. The summed E-state index contributed by atoms with van der Waals surface area (Å²) in [6.45, 7) is 2.45. The van der Waals surface area contributed by atoms with Crippen molar-refractivity contribution < 1.29 is 4.79 Å². The average molecular weight is 222 g/mol. The summed E-state index contributed by atoms with van der Waals surface area (Å²) in [4.78, 5) is 17.5. The molecule has 1 aromatic heterocycles. The third kappa shape index (κ3) is 3.96. The number of aromatic nitrogens is 1. The van der Waals surface area contributed by atoms with Crippen LogP contribution in [0.15, 0.2) is 18.3 Å². The van der Waals surface area contributed by atoms with E-state index >= 15 is 0 Å². The lowest BCUT2D eigenvalue weighted by atomic mass is 10.2. The van der Waals surface area contributed by atoms with Gasteiger partial charge in [0.25, 0.3) is 0 Å². The Balaban J connectivity index is 2.71. The SMILES string of the molecule is CC(N)C(=O)Nc1cc(CN(C)C)ccn1. The van der Waals surface area contributed by atoms with Gasteiger partial charge in [0, 0.05) is 12.7 Å². The number of anilines is 1. The first-order chi connectivity index (χ1) is 7.49. The molecular formula is C11H18N4O. The minimum absolute atomic E-state index is 0.227. The standard InChI is InChI=1S/C11H18N4O/c1-8(12)11(16)14-10-6-9(4-5-13-10)7-15(2)3/h4-6,8H,7,12H2,1-3H3,(H,13,14,16). The molecule has 3 N–H and O–H groups in total. The molecule has 16 heavy (non-hydrogen) atoms. The lowest BCUT2D eigenvalue weighted by Crippen LogP contribution is -2.32. The molecular weight excluding hydrogens is 204 g/mol. The highest BCUT2D eigenvalue weighted by Gasteiger charge is 2.08. The number of pyridine rings is 1. The Morgan fingerprint density at radius 3 is 2.88 bits per heavy atom. The van der Waals surface area contributed by atoms with Crippen molar-refractivity contribution in [3.63, 3.8) is 0 Å². The largest absolute Gasteiger partial charge is 0.320 e. The van der Waals surface area contributed by atoms with Crippen molar-refractivity contribution in [1.82, 2.24) is 9.88 Å². The average Bonchev–Trinajstić information content (AvgIpc) is 2.16. The molecule has 1 unspecified atom stereocenters. The highest BCUT2D eigenvalue weighted by molar-refractivity contribution is 5.93. The van der Waals surface area contributed by atoms with E-state index in [1.165, 1.54) is 0 Å². The van der Waals surface area contributed by atoms with Crippen LogP contribution in [0.5, 0.6) is 0 Å². The van der Waals surface area contributed by atoms with Crippen LogP contribution in [0.25, 0.3) is 0 Å². The Bertz CT molecular complexity index is 363. The molecule has 0 saturated carbocycles. The minimum Gasteiger partial charge on any atom is -0.320 e. The summed E-state index contributed by atoms with van der Waals surface area (Å²) in [5.74, 6) is 0.316. The molecule has 1 heterocycles. The third-order valence-electron chi connectivity index (χ3n) is 1.99. The van der Waals surface area contributed by atoms with Gasteiger partial charge in [-0.25, -0.2) is 4.98 Å². The fourth-order valence-electron chi connectivity index (χ4n) is 1.25. The molecule has 0 fully saturated rings. The number of nitrogens with two attached hydrogens (primary N) is 1. The van der Waals surface area contributed by atoms with Gasteiger partial charge in [0.1, 0.15) is 5.82 Å². The van der Waals surface area contributed by atoms with Crippen LogP contribution in [0.4, 0.5) is 5.82 Å². The van der Waals surface area contributed by atoms with Gasteiger partial charge in [-0.15, -0.1) is 0 Å². The van der Waals surface area contributed by atoms with Gasteiger partial charge >= 0.3 is 0 Å². The normalized spacial score (nSPS) is 12.6. The molecule has 0 aromatic carbocycles. The Morgan fingerprint density at radius 1 is 1.62 bits per heavy atom. The van der Waals surface area contributed by atoms with Crippen molar-refractivity contribution in [1.29, 1.82) is 0 Å². The third-order valence-corrected chi connectivity index (χ3v) is 1.99. The van der Waals surface area contributed by atoms with Gasteiger partial charge in [0.15, 0.2) is 0 Å². The highest BCUT2D eigenvalue weighted by Crippen LogP contribution is 2.08. The molecule has 0 aliphatic carbocycles. The van der Waals surface area contributed by atoms with E-state index in [2.05, 4.69) is 10.3 Å². The van der Waals surface area contributed by atoms with Crippen molar-refractivity contribution in [3.05, 3.63) is 23.9 Å². The fourth-order valence-corrected chi connectivity index (χ4v) is 1.25. The molecule has 0 saturated heterocycles. The molecule has 5 nitrogen and oxygen atoms in total. The fraction of sp³-hybridized carbons (Fsp3) is 0.455. The van der Waals surface area contributed by atoms with Gasteiger partial charge in [0.05, 0.1) is 6.04 Å². The Hall–Kier alpha value is -1.46. The first kappa shape index (κ1) is 12.6. The van der Waals surface area contributed by atoms with Crippen LogP contribution >= 0.6 is 0 Å². The van der Waals surface area contributed by atoms with E-state index < -0.39 is 6.04 Å². The van der Waals surface area contributed by atoms with E-state index in [1.54, 1.807) is 13.1 Å². The maximum absolute atomic E-state index is 11.4. The van der Waals surface area contributed by atoms with Crippen molar-refractivity contribution in [2.24, 2.45) is 5.73 Å². The highest BCUT2D eigenvalue weighted by atomic mass is 16.2. The number of nitrogens with zero attached hydrogens (tertiary/aromatic N) is 2. The smallest absolute Gasteiger partial charge is 0.242 e. The predicted octanol–water partition coefficient (Wildman–Crippen LogP) is 0.429. The number of carbonyl (C=O) groups excluding carboxylic acids is 1. The summed E-state index contributed by atoms with van der Waals surface area (Å²) < 4.78 is 0. The van der Waals surface area contributed by atoms with Crippen LogP contribution in [0.3, 0.4) is 0 Å². The zero-order valence-corrected chi connectivity index (χ0v) is 9.90. The summed E-state index contributed by atoms with van der Waals surface area (Å²) in [7, 11) is 3.97. The van der Waals surface area contributed by atoms with E-state index in [-0.39, 0.29) is 5.91 Å². The minimum atomic E-state index is -0.528. The van der Waals surface area contributed by atoms with Crippen LogP contribution in [-0.2, 0) is 11.3 Å². The van der Waals surface area contributed by atoms with Crippen molar-refractivity contribution >= 4 is 11.7 Å². The van der Waals surface area contributed by atoms with Crippen LogP contribution in [0.2, 0.25) is 0 Å². The Morgan fingerprint density at radius 2 is 2.31 bits per heavy atom. The Labute approximate surface area is 95.7 Å². The molecule has 5 heteroatoms. The number of nitrogens with one attached hydrogen (secondary N) is 1. The molecule has 1 rings (SSSR count). The van der Waals surface area contributed by atoms with E-state index in [1.807, 2.05) is 31.1 Å². The molecule has 0 spiro atoms. The molecule has 0 radical (unpaired) electrons. The number of hydrogen-bond acceptors (Lipinski definition) is 4. The monoisotopic (exact) mass is 222 g/mol. The summed E-state index contributed by atoms with van der Waals surface area (Å²) in [5.41, 5.74) is 6.55. The number of carbonyl (C=O) groups is 1. The first-order valence-corrected chi connectivity index (χ1v) is 5.15. The van der Waals surface area contributed by atoms with Gasteiger partial charge in [0.2, 0.25) is 5.91 Å². The van der Waals surface area contributed by atoms with Crippen LogP contribution < -0.4 is 11.1 Å². The van der Waals surface area contributed by atoms with Gasteiger partial charge in [-0.05, 0) is 38.7 Å². The van der Waals surface area contributed by atoms with Crippen molar-refractivity contribution in [2.75, 3.05) is 19.4 Å². The van der Waals surface area contributed by atoms with Gasteiger partial charge in [-0.2, -0.15) is 0 Å². The molecule has 88 valence electrons.